The van der Waals surface area contributed by atoms with Crippen LogP contribution in [0.25, 0.3) is 0 Å². The van der Waals surface area contributed by atoms with Gasteiger partial charge in [-0.25, -0.2) is 8.42 Å². The van der Waals surface area contributed by atoms with E-state index in [1.165, 1.54) is 18.2 Å². The molecule has 0 aromatic heterocycles. The third-order valence-electron chi connectivity index (χ3n) is 6.64. The van der Waals surface area contributed by atoms with Gasteiger partial charge in [0.25, 0.3) is 21.8 Å². The van der Waals surface area contributed by atoms with Crippen LogP contribution in [0, 0.1) is 13.8 Å². The molecular weight excluding hydrogens is 554 g/mol. The van der Waals surface area contributed by atoms with Crippen LogP contribution in [0.5, 0.6) is 11.5 Å². The Morgan fingerprint density at radius 2 is 1.48 bits per heavy atom. The van der Waals surface area contributed by atoms with Crippen LogP contribution < -0.4 is 24.8 Å². The molecule has 10 heteroatoms. The van der Waals surface area contributed by atoms with Crippen molar-refractivity contribution in [2.75, 3.05) is 30.8 Å². The molecular formula is C32H33N3O6S. The highest BCUT2D eigenvalue weighted by Crippen LogP contribution is 2.28. The monoisotopic (exact) mass is 587 g/mol. The Labute approximate surface area is 245 Å². The number of nitrogens with one attached hydrogen (secondary N) is 3. The van der Waals surface area contributed by atoms with Crippen molar-refractivity contribution in [2.24, 2.45) is 0 Å². The van der Waals surface area contributed by atoms with Gasteiger partial charge < -0.3 is 20.1 Å². The van der Waals surface area contributed by atoms with Crippen molar-refractivity contribution in [3.8, 4) is 11.5 Å². The summed E-state index contributed by atoms with van der Waals surface area (Å²) in [5, 5.41) is 5.67. The van der Waals surface area contributed by atoms with E-state index in [0.29, 0.717) is 41.3 Å². The predicted octanol–water partition coefficient (Wildman–Crippen LogP) is 5.35. The van der Waals surface area contributed by atoms with Crippen LogP contribution in [-0.2, 0) is 16.4 Å². The molecule has 0 saturated heterocycles. The maximum Gasteiger partial charge on any atom is 0.261 e. The molecule has 4 aromatic carbocycles. The molecule has 4 rings (SSSR count). The van der Waals surface area contributed by atoms with Gasteiger partial charge >= 0.3 is 0 Å². The van der Waals surface area contributed by atoms with Crippen molar-refractivity contribution in [1.29, 1.82) is 0 Å². The van der Waals surface area contributed by atoms with E-state index in [1.807, 2.05) is 25.1 Å². The highest BCUT2D eigenvalue weighted by molar-refractivity contribution is 7.92. The number of amides is 2. The van der Waals surface area contributed by atoms with E-state index in [0.717, 1.165) is 11.1 Å². The summed E-state index contributed by atoms with van der Waals surface area (Å²) in [6.07, 6.45) is 0.561. The maximum atomic E-state index is 13.2. The summed E-state index contributed by atoms with van der Waals surface area (Å²) in [6.45, 7) is 3.98. The lowest BCUT2D eigenvalue weighted by Gasteiger charge is -2.14. The number of sulfonamides is 1. The Morgan fingerprint density at radius 3 is 2.19 bits per heavy atom. The van der Waals surface area contributed by atoms with E-state index < -0.39 is 15.9 Å². The number of aryl methyl sites for hydroxylation is 2. The molecule has 0 spiro atoms. The lowest BCUT2D eigenvalue weighted by atomic mass is 10.1. The number of ether oxygens (including phenoxy) is 2. The van der Waals surface area contributed by atoms with Gasteiger partial charge in [0.2, 0.25) is 0 Å². The Bertz CT molecular complexity index is 1700. The van der Waals surface area contributed by atoms with E-state index in [9.17, 15) is 18.0 Å². The zero-order valence-electron chi connectivity index (χ0n) is 23.9. The molecule has 0 aliphatic rings. The van der Waals surface area contributed by atoms with Gasteiger partial charge in [0.15, 0.2) is 11.5 Å². The minimum atomic E-state index is -3.86. The molecule has 9 nitrogen and oxygen atoms in total. The Morgan fingerprint density at radius 1 is 0.762 bits per heavy atom. The van der Waals surface area contributed by atoms with E-state index >= 15 is 0 Å². The van der Waals surface area contributed by atoms with Gasteiger partial charge in [-0.3, -0.25) is 14.3 Å². The SMILES string of the molecule is COc1ccc(CCNC(=O)c2ccccc2NC(=O)c2ccc(C)c(NS(=O)(=O)c3ccc(C)cc3)c2)cc1OC. The summed E-state index contributed by atoms with van der Waals surface area (Å²) < 4.78 is 39.0. The number of methoxy groups -OCH3 is 2. The number of para-hydroxylation sites is 1. The van der Waals surface area contributed by atoms with Gasteiger partial charge in [0.1, 0.15) is 0 Å². The zero-order chi connectivity index (χ0) is 30.3. The molecule has 0 unspecified atom stereocenters. The lowest BCUT2D eigenvalue weighted by molar-refractivity contribution is 0.0955. The number of hydrogen-bond donors (Lipinski definition) is 3. The Balaban J connectivity index is 1.44. The number of anilines is 2. The van der Waals surface area contributed by atoms with Crippen molar-refractivity contribution < 1.29 is 27.5 Å². The summed E-state index contributed by atoms with van der Waals surface area (Å²) in [5.74, 6) is 0.397. The average molecular weight is 588 g/mol. The van der Waals surface area contributed by atoms with Gasteiger partial charge in [0, 0.05) is 12.1 Å². The number of rotatable bonds is 11. The second-order valence-corrected chi connectivity index (χ2v) is 11.3. The molecule has 4 aromatic rings. The van der Waals surface area contributed by atoms with Crippen molar-refractivity contribution in [3.63, 3.8) is 0 Å². The van der Waals surface area contributed by atoms with E-state index in [2.05, 4.69) is 15.4 Å². The molecule has 0 radical (unpaired) electrons. The predicted molar refractivity (Wildman–Crippen MR) is 163 cm³/mol. The number of benzene rings is 4. The highest BCUT2D eigenvalue weighted by Gasteiger charge is 2.18. The van der Waals surface area contributed by atoms with E-state index in [4.69, 9.17) is 9.47 Å². The van der Waals surface area contributed by atoms with E-state index in [1.54, 1.807) is 69.7 Å². The molecule has 218 valence electrons. The van der Waals surface area contributed by atoms with Crippen LogP contribution >= 0.6 is 0 Å². The van der Waals surface area contributed by atoms with Gasteiger partial charge in [-0.05, 0) is 79.9 Å². The maximum absolute atomic E-state index is 13.2. The quantitative estimate of drug-likeness (QED) is 0.218. The van der Waals surface area contributed by atoms with Crippen LogP contribution in [0.1, 0.15) is 37.4 Å². The number of carbonyl (C=O) groups is 2. The van der Waals surface area contributed by atoms with Crippen LogP contribution in [0.4, 0.5) is 11.4 Å². The third-order valence-corrected chi connectivity index (χ3v) is 8.02. The highest BCUT2D eigenvalue weighted by atomic mass is 32.2. The fourth-order valence-electron chi connectivity index (χ4n) is 4.23. The van der Waals surface area contributed by atoms with Gasteiger partial charge in [0.05, 0.1) is 36.1 Å². The molecule has 2 amide bonds. The Kier molecular flexibility index (Phi) is 9.49. The minimum absolute atomic E-state index is 0.119. The van der Waals surface area contributed by atoms with Crippen LogP contribution in [-0.4, -0.2) is 41.0 Å². The average Bonchev–Trinajstić information content (AvgIpc) is 2.98. The molecule has 0 atom stereocenters. The first-order valence-electron chi connectivity index (χ1n) is 13.2. The number of carbonyl (C=O) groups excluding carboxylic acids is 2. The molecule has 0 heterocycles. The lowest BCUT2D eigenvalue weighted by Crippen LogP contribution is -2.27. The van der Waals surface area contributed by atoms with Gasteiger partial charge in [-0.15, -0.1) is 0 Å². The second-order valence-electron chi connectivity index (χ2n) is 9.64. The standard InChI is InChI=1S/C32H33N3O6S/c1-21-9-14-25(15-10-21)42(38,39)35-28-20-24(13-11-22(28)2)31(36)34-27-8-6-5-7-26(27)32(37)33-18-17-23-12-16-29(40-3)30(19-23)41-4/h5-16,19-20,35H,17-18H2,1-4H3,(H,33,37)(H,34,36). The summed E-state index contributed by atoms with van der Waals surface area (Å²) >= 11 is 0. The molecule has 0 aliphatic heterocycles. The Hall–Kier alpha value is -4.83. The second kappa shape index (κ2) is 13.2. The van der Waals surface area contributed by atoms with Crippen molar-refractivity contribution in [1.82, 2.24) is 5.32 Å². The smallest absolute Gasteiger partial charge is 0.261 e. The van der Waals surface area contributed by atoms with E-state index in [-0.39, 0.29) is 22.1 Å². The normalized spacial score (nSPS) is 11.0. The molecule has 0 saturated carbocycles. The number of hydrogen-bond acceptors (Lipinski definition) is 6. The van der Waals surface area contributed by atoms with Gasteiger partial charge in [-0.1, -0.05) is 42.0 Å². The summed E-state index contributed by atoms with van der Waals surface area (Å²) in [6, 6.07) is 23.5. The molecule has 42 heavy (non-hydrogen) atoms. The summed E-state index contributed by atoms with van der Waals surface area (Å²) in [7, 11) is -0.722. The van der Waals surface area contributed by atoms with Crippen LogP contribution in [0.2, 0.25) is 0 Å². The third kappa shape index (κ3) is 7.27. The molecule has 3 N–H and O–H groups in total. The first-order chi connectivity index (χ1) is 20.1. The van der Waals surface area contributed by atoms with Crippen LogP contribution in [0.3, 0.4) is 0 Å². The molecule has 0 aliphatic carbocycles. The first-order valence-corrected chi connectivity index (χ1v) is 14.7. The fraction of sp³-hybridized carbons (Fsp3) is 0.188. The summed E-state index contributed by atoms with van der Waals surface area (Å²) in [4.78, 5) is 26.3. The van der Waals surface area contributed by atoms with Gasteiger partial charge in [-0.2, -0.15) is 0 Å². The molecule has 0 bridgehead atoms. The zero-order valence-corrected chi connectivity index (χ0v) is 24.7. The first kappa shape index (κ1) is 30.1. The van der Waals surface area contributed by atoms with Crippen molar-refractivity contribution in [3.05, 3.63) is 113 Å². The van der Waals surface area contributed by atoms with Crippen LogP contribution in [0.15, 0.2) is 89.8 Å². The largest absolute Gasteiger partial charge is 0.493 e. The topological polar surface area (TPSA) is 123 Å². The fourth-order valence-corrected chi connectivity index (χ4v) is 5.35. The minimum Gasteiger partial charge on any atom is -0.493 e. The van der Waals surface area contributed by atoms with Crippen molar-refractivity contribution in [2.45, 2.75) is 25.2 Å². The van der Waals surface area contributed by atoms with Crippen molar-refractivity contribution >= 4 is 33.2 Å². The summed E-state index contributed by atoms with van der Waals surface area (Å²) in [5.41, 5.74) is 3.68. The molecule has 0 fully saturated rings.